The van der Waals surface area contributed by atoms with Gasteiger partial charge in [0.1, 0.15) is 5.75 Å². The van der Waals surface area contributed by atoms with E-state index in [2.05, 4.69) is 17.0 Å². The van der Waals surface area contributed by atoms with Gasteiger partial charge in [0.25, 0.3) is 0 Å². The number of nitrogens with zero attached hydrogens (tertiary/aromatic N) is 1. The SMILES string of the molecule is O=C(O)[C@@H](O)c1ccccc1.Oc1ccc2c(c1)[C@@]13CCCCC1[C@@H](C2)N(CC1CCC1)CC3. The van der Waals surface area contributed by atoms with E-state index in [1.807, 2.05) is 6.07 Å². The molecule has 2 aromatic carbocycles. The number of likely N-dealkylation sites (tertiary alicyclic amines) is 1. The average Bonchev–Trinajstić information content (AvgIpc) is 2.83. The lowest BCUT2D eigenvalue weighted by atomic mass is 9.52. The third-order valence-corrected chi connectivity index (χ3v) is 9.00. The van der Waals surface area contributed by atoms with Gasteiger partial charge < -0.3 is 15.3 Å². The minimum atomic E-state index is -1.41. The van der Waals surface area contributed by atoms with Gasteiger partial charge in [-0.15, -0.1) is 0 Å². The maximum Gasteiger partial charge on any atom is 0.337 e. The summed E-state index contributed by atoms with van der Waals surface area (Å²) in [5.74, 6) is 1.06. The predicted molar refractivity (Wildman–Crippen MR) is 132 cm³/mol. The summed E-state index contributed by atoms with van der Waals surface area (Å²) >= 11 is 0. The molecule has 2 saturated carbocycles. The molecule has 2 bridgehead atoms. The number of benzene rings is 2. The second-order valence-electron chi connectivity index (χ2n) is 10.8. The second-order valence-corrected chi connectivity index (χ2v) is 10.8. The van der Waals surface area contributed by atoms with Crippen molar-refractivity contribution in [3.63, 3.8) is 0 Å². The smallest absolute Gasteiger partial charge is 0.337 e. The number of hydrogen-bond donors (Lipinski definition) is 3. The highest BCUT2D eigenvalue weighted by Crippen LogP contribution is 2.56. The molecule has 6 rings (SSSR count). The molecule has 1 aliphatic heterocycles. The quantitative estimate of drug-likeness (QED) is 0.591. The zero-order chi connectivity index (χ0) is 23.7. The van der Waals surface area contributed by atoms with Crippen molar-refractivity contribution in [1.82, 2.24) is 4.90 Å². The van der Waals surface area contributed by atoms with Gasteiger partial charge in [0.2, 0.25) is 0 Å². The number of aromatic hydroxyl groups is 1. The Bertz CT molecular complexity index is 1000. The highest BCUT2D eigenvalue weighted by molar-refractivity contribution is 5.73. The van der Waals surface area contributed by atoms with Gasteiger partial charge in [-0.05, 0) is 85.7 Å². The van der Waals surface area contributed by atoms with E-state index in [4.69, 9.17) is 10.2 Å². The number of aliphatic hydroxyl groups is 1. The van der Waals surface area contributed by atoms with E-state index in [9.17, 15) is 9.90 Å². The number of rotatable bonds is 4. The summed E-state index contributed by atoms with van der Waals surface area (Å²) in [5.41, 5.74) is 3.83. The Morgan fingerprint density at radius 1 is 1.03 bits per heavy atom. The number of carboxylic acids is 1. The van der Waals surface area contributed by atoms with Crippen LogP contribution in [0.4, 0.5) is 0 Å². The fourth-order valence-electron chi connectivity index (χ4n) is 7.08. The number of piperidine rings is 1. The summed E-state index contributed by atoms with van der Waals surface area (Å²) in [6, 6.07) is 15.3. The van der Waals surface area contributed by atoms with Gasteiger partial charge in [0.05, 0.1) is 0 Å². The van der Waals surface area contributed by atoms with E-state index >= 15 is 0 Å². The first-order valence-electron chi connectivity index (χ1n) is 13.0. The Labute approximate surface area is 202 Å². The highest BCUT2D eigenvalue weighted by Gasteiger charge is 2.53. The van der Waals surface area contributed by atoms with Gasteiger partial charge >= 0.3 is 5.97 Å². The lowest BCUT2D eigenvalue weighted by Gasteiger charge is -2.59. The summed E-state index contributed by atoms with van der Waals surface area (Å²) in [5, 5.41) is 27.5. The summed E-state index contributed by atoms with van der Waals surface area (Å²) in [6.07, 6.45) is 11.0. The fraction of sp³-hybridized carbons (Fsp3) is 0.552. The number of carbonyl (C=O) groups is 1. The normalized spacial score (nSPS) is 29.0. The standard InChI is InChI=1S/C21H29NO.C8H8O3/c23-17-8-7-16-12-20-18-6-1-2-9-21(18,19(16)13-17)10-11-22(20)14-15-4-3-5-15;9-7(8(10)11)6-4-2-1-3-5-6/h7-8,13,15,18,20,23H,1-6,9-12,14H2;1-5,7,9H,(H,10,11)/t18?,20-,21-;7-/m10/s1. The average molecular weight is 464 g/mol. The van der Waals surface area contributed by atoms with Crippen molar-refractivity contribution in [2.75, 3.05) is 13.1 Å². The molecule has 1 heterocycles. The van der Waals surface area contributed by atoms with Crippen molar-refractivity contribution >= 4 is 5.97 Å². The second kappa shape index (κ2) is 9.71. The Morgan fingerprint density at radius 2 is 1.82 bits per heavy atom. The minimum absolute atomic E-state index is 0.380. The fourth-order valence-corrected chi connectivity index (χ4v) is 7.08. The predicted octanol–water partition coefficient (Wildman–Crippen LogP) is 5.06. The first kappa shape index (κ1) is 23.4. The van der Waals surface area contributed by atoms with Gasteiger partial charge in [-0.3, -0.25) is 4.90 Å². The van der Waals surface area contributed by atoms with Crippen LogP contribution in [0.3, 0.4) is 0 Å². The Kier molecular flexibility index (Phi) is 6.67. The van der Waals surface area contributed by atoms with Crippen LogP contribution in [0, 0.1) is 11.8 Å². The number of phenols is 1. The lowest BCUT2D eigenvalue weighted by molar-refractivity contribution is -0.146. The number of fused-ring (bicyclic) bond motifs is 1. The minimum Gasteiger partial charge on any atom is -0.508 e. The van der Waals surface area contributed by atoms with Crippen LogP contribution in [0.15, 0.2) is 48.5 Å². The van der Waals surface area contributed by atoms with Crippen LogP contribution in [-0.4, -0.2) is 45.3 Å². The first-order chi connectivity index (χ1) is 16.5. The molecule has 2 aromatic rings. The number of hydrogen-bond acceptors (Lipinski definition) is 4. The number of carboxylic acid groups (broad SMARTS) is 1. The van der Waals surface area contributed by atoms with Gasteiger partial charge in [-0.25, -0.2) is 4.79 Å². The van der Waals surface area contributed by atoms with Crippen molar-refractivity contribution < 1.29 is 20.1 Å². The zero-order valence-electron chi connectivity index (χ0n) is 19.9. The van der Waals surface area contributed by atoms with Gasteiger partial charge in [0.15, 0.2) is 6.10 Å². The first-order valence-corrected chi connectivity index (χ1v) is 13.0. The summed E-state index contributed by atoms with van der Waals surface area (Å²) in [7, 11) is 0. The van der Waals surface area contributed by atoms with Crippen LogP contribution < -0.4 is 0 Å². The molecule has 4 atom stereocenters. The molecule has 1 saturated heterocycles. The van der Waals surface area contributed by atoms with Crippen molar-refractivity contribution in [2.24, 2.45) is 11.8 Å². The van der Waals surface area contributed by atoms with E-state index < -0.39 is 12.1 Å². The third kappa shape index (κ3) is 4.36. The summed E-state index contributed by atoms with van der Waals surface area (Å²) in [6.45, 7) is 2.64. The molecule has 0 aromatic heterocycles. The van der Waals surface area contributed by atoms with Crippen LogP contribution in [-0.2, 0) is 16.6 Å². The molecule has 1 unspecified atom stereocenters. The van der Waals surface area contributed by atoms with Crippen LogP contribution in [0.5, 0.6) is 5.75 Å². The number of aliphatic carboxylic acids is 1. The van der Waals surface area contributed by atoms with E-state index in [1.165, 1.54) is 82.0 Å². The maximum absolute atomic E-state index is 10.2. The highest BCUT2D eigenvalue weighted by atomic mass is 16.4. The van der Waals surface area contributed by atoms with E-state index in [0.29, 0.717) is 16.7 Å². The van der Waals surface area contributed by atoms with Crippen LogP contribution in [0.1, 0.15) is 74.2 Å². The van der Waals surface area contributed by atoms with E-state index in [-0.39, 0.29) is 0 Å². The van der Waals surface area contributed by atoms with Crippen LogP contribution in [0.25, 0.3) is 0 Å². The molecule has 182 valence electrons. The Balaban J connectivity index is 0.000000186. The topological polar surface area (TPSA) is 81.0 Å². The van der Waals surface area contributed by atoms with E-state index in [1.54, 1.807) is 30.3 Å². The van der Waals surface area contributed by atoms with Crippen molar-refractivity contribution in [3.8, 4) is 5.75 Å². The van der Waals surface area contributed by atoms with Gasteiger partial charge in [-0.2, -0.15) is 0 Å². The van der Waals surface area contributed by atoms with Gasteiger partial charge in [-0.1, -0.05) is 55.7 Å². The molecule has 3 aliphatic carbocycles. The number of phenolic OH excluding ortho intramolecular Hbond substituents is 1. The molecule has 34 heavy (non-hydrogen) atoms. The molecule has 3 N–H and O–H groups in total. The molecule has 3 fully saturated rings. The van der Waals surface area contributed by atoms with E-state index in [0.717, 1.165) is 17.9 Å². The lowest BCUT2D eigenvalue weighted by Crippen LogP contribution is -2.61. The molecule has 0 amide bonds. The Morgan fingerprint density at radius 3 is 2.53 bits per heavy atom. The molecule has 0 spiro atoms. The molecule has 5 nitrogen and oxygen atoms in total. The van der Waals surface area contributed by atoms with Crippen molar-refractivity contribution in [2.45, 2.75) is 75.3 Å². The monoisotopic (exact) mass is 463 g/mol. The van der Waals surface area contributed by atoms with Crippen molar-refractivity contribution in [3.05, 3.63) is 65.2 Å². The molecular weight excluding hydrogens is 426 g/mol. The summed E-state index contributed by atoms with van der Waals surface area (Å²) in [4.78, 5) is 13.1. The Hall–Kier alpha value is -2.37. The summed E-state index contributed by atoms with van der Waals surface area (Å²) < 4.78 is 0. The third-order valence-electron chi connectivity index (χ3n) is 9.00. The van der Waals surface area contributed by atoms with Crippen molar-refractivity contribution in [1.29, 1.82) is 0 Å². The largest absolute Gasteiger partial charge is 0.508 e. The maximum atomic E-state index is 10.2. The molecule has 5 heteroatoms. The molecule has 4 aliphatic rings. The zero-order valence-corrected chi connectivity index (χ0v) is 19.9. The van der Waals surface area contributed by atoms with Crippen LogP contribution in [0.2, 0.25) is 0 Å². The number of aliphatic hydroxyl groups excluding tert-OH is 1. The van der Waals surface area contributed by atoms with Crippen LogP contribution >= 0.6 is 0 Å². The van der Waals surface area contributed by atoms with Gasteiger partial charge in [0, 0.05) is 18.0 Å². The molecule has 0 radical (unpaired) electrons. The molecular formula is C29H37NO4.